The molecule has 0 radical (unpaired) electrons. The van der Waals surface area contributed by atoms with Crippen molar-refractivity contribution in [3.63, 3.8) is 0 Å². The van der Waals surface area contributed by atoms with Crippen LogP contribution in [0.25, 0.3) is 0 Å². The molecule has 3 heteroatoms. The zero-order chi connectivity index (χ0) is 17.4. The number of unbranched alkanes of at least 4 members (excludes halogenated alkanes) is 3. The fourth-order valence-electron chi connectivity index (χ4n) is 2.85. The maximum Gasteiger partial charge on any atom is 0.118 e. The van der Waals surface area contributed by atoms with Crippen LogP contribution in [0.4, 0.5) is 0 Å². The number of rotatable bonds is 11. The lowest BCUT2D eigenvalue weighted by molar-refractivity contribution is -0.927. The van der Waals surface area contributed by atoms with Crippen LogP contribution in [0.2, 0.25) is 0 Å². The third-order valence-electron chi connectivity index (χ3n) is 4.61. The lowest BCUT2D eigenvalue weighted by atomic mass is 10.1. The van der Waals surface area contributed by atoms with E-state index in [9.17, 15) is 0 Å². The fraction of sp³-hybridized carbons (Fsp3) is 0.714. The van der Waals surface area contributed by atoms with Crippen molar-refractivity contribution in [2.75, 3.05) is 33.3 Å². The standard InChI is InChI=1S/C14H32N.C7H8O.ClH/c1-5-9-12-15(8-4,13-10-6-2)14-11-7-3;1-8-7-5-3-2-4-6-7;/h5-14H2,1-4H3;2-6H,1H3;1H/q+1;;/p-1. The molecule has 0 fully saturated rings. The Labute approximate surface area is 157 Å². The number of methoxy groups -OCH3 is 1. The van der Waals surface area contributed by atoms with Gasteiger partial charge < -0.3 is 21.6 Å². The topological polar surface area (TPSA) is 9.23 Å². The Morgan fingerprint density at radius 1 is 0.750 bits per heavy atom. The van der Waals surface area contributed by atoms with Gasteiger partial charge in [-0.3, -0.25) is 0 Å². The lowest BCUT2D eigenvalue weighted by Crippen LogP contribution is -3.00. The largest absolute Gasteiger partial charge is 1.00 e. The first-order chi connectivity index (χ1) is 11.2. The molecular formula is C21H40ClNO. The van der Waals surface area contributed by atoms with Crippen molar-refractivity contribution in [2.24, 2.45) is 0 Å². The summed E-state index contributed by atoms with van der Waals surface area (Å²) < 4.78 is 6.30. The smallest absolute Gasteiger partial charge is 0.118 e. The normalized spacial score (nSPS) is 10.4. The van der Waals surface area contributed by atoms with Crippen molar-refractivity contribution < 1.29 is 21.6 Å². The van der Waals surface area contributed by atoms with Crippen molar-refractivity contribution in [2.45, 2.75) is 66.2 Å². The van der Waals surface area contributed by atoms with E-state index in [1.165, 1.54) is 69.2 Å². The van der Waals surface area contributed by atoms with E-state index >= 15 is 0 Å². The summed E-state index contributed by atoms with van der Waals surface area (Å²) in [6, 6.07) is 9.68. The first kappa shape index (κ1) is 25.5. The van der Waals surface area contributed by atoms with Crippen molar-refractivity contribution in [1.29, 1.82) is 0 Å². The number of quaternary nitrogens is 1. The molecule has 0 aromatic heterocycles. The zero-order valence-electron chi connectivity index (χ0n) is 16.7. The zero-order valence-corrected chi connectivity index (χ0v) is 17.4. The molecule has 0 saturated carbocycles. The fourth-order valence-corrected chi connectivity index (χ4v) is 2.85. The van der Waals surface area contributed by atoms with Crippen molar-refractivity contribution in [3.05, 3.63) is 30.3 Å². The summed E-state index contributed by atoms with van der Waals surface area (Å²) in [5.41, 5.74) is 0. The van der Waals surface area contributed by atoms with Crippen molar-refractivity contribution in [1.82, 2.24) is 0 Å². The Balaban J connectivity index is 0. The molecule has 1 aromatic rings. The molecule has 1 rings (SSSR count). The average Bonchev–Trinajstić information content (AvgIpc) is 2.63. The van der Waals surface area contributed by atoms with Crippen LogP contribution in [0, 0.1) is 0 Å². The second-order valence-corrected chi connectivity index (χ2v) is 6.41. The molecule has 0 saturated heterocycles. The number of ether oxygens (including phenoxy) is 1. The second-order valence-electron chi connectivity index (χ2n) is 6.41. The van der Waals surface area contributed by atoms with Gasteiger partial charge in [0.1, 0.15) is 5.75 Å². The van der Waals surface area contributed by atoms with Crippen LogP contribution in [0.15, 0.2) is 30.3 Å². The van der Waals surface area contributed by atoms with Gasteiger partial charge in [0.2, 0.25) is 0 Å². The molecule has 0 bridgehead atoms. The Morgan fingerprint density at radius 3 is 1.42 bits per heavy atom. The van der Waals surface area contributed by atoms with Gasteiger partial charge in [0.25, 0.3) is 0 Å². The molecule has 0 atom stereocenters. The highest BCUT2D eigenvalue weighted by molar-refractivity contribution is 5.20. The minimum atomic E-state index is 0. The molecule has 142 valence electrons. The van der Waals surface area contributed by atoms with E-state index in [4.69, 9.17) is 4.74 Å². The Kier molecular flexibility index (Phi) is 18.2. The highest BCUT2D eigenvalue weighted by Gasteiger charge is 2.22. The van der Waals surface area contributed by atoms with Crippen molar-refractivity contribution in [3.8, 4) is 5.75 Å². The molecule has 0 unspecified atom stereocenters. The van der Waals surface area contributed by atoms with Gasteiger partial charge in [-0.25, -0.2) is 0 Å². The van der Waals surface area contributed by atoms with E-state index in [0.717, 1.165) is 5.75 Å². The van der Waals surface area contributed by atoms with E-state index in [1.807, 2.05) is 30.3 Å². The number of nitrogens with zero attached hydrogens (tertiary/aromatic N) is 1. The summed E-state index contributed by atoms with van der Waals surface area (Å²) in [7, 11) is 1.66. The van der Waals surface area contributed by atoms with Gasteiger partial charge in [0.15, 0.2) is 0 Å². The third-order valence-corrected chi connectivity index (χ3v) is 4.61. The van der Waals surface area contributed by atoms with Gasteiger partial charge in [-0.15, -0.1) is 0 Å². The van der Waals surface area contributed by atoms with Crippen LogP contribution < -0.4 is 17.1 Å². The molecule has 0 aliphatic rings. The van der Waals surface area contributed by atoms with E-state index in [2.05, 4.69) is 27.7 Å². The molecule has 0 aliphatic heterocycles. The van der Waals surface area contributed by atoms with Crippen LogP contribution in [-0.2, 0) is 0 Å². The summed E-state index contributed by atoms with van der Waals surface area (Å²) in [5.74, 6) is 0.910. The highest BCUT2D eigenvalue weighted by Crippen LogP contribution is 2.14. The molecule has 0 amide bonds. The van der Waals surface area contributed by atoms with E-state index in [0.29, 0.717) is 0 Å². The predicted molar refractivity (Wildman–Crippen MR) is 103 cm³/mol. The summed E-state index contributed by atoms with van der Waals surface area (Å²) in [6.07, 6.45) is 8.25. The van der Waals surface area contributed by atoms with Crippen LogP contribution >= 0.6 is 0 Å². The first-order valence-corrected chi connectivity index (χ1v) is 9.62. The molecule has 0 aliphatic carbocycles. The lowest BCUT2D eigenvalue weighted by Gasteiger charge is -2.38. The third kappa shape index (κ3) is 11.8. The maximum absolute atomic E-state index is 4.91. The Morgan fingerprint density at radius 2 is 1.17 bits per heavy atom. The van der Waals surface area contributed by atoms with E-state index < -0.39 is 0 Å². The first-order valence-electron chi connectivity index (χ1n) is 9.62. The van der Waals surface area contributed by atoms with Gasteiger partial charge >= 0.3 is 0 Å². The molecular weight excluding hydrogens is 318 g/mol. The molecule has 24 heavy (non-hydrogen) atoms. The summed E-state index contributed by atoms with van der Waals surface area (Å²) in [4.78, 5) is 0. The number of hydrogen-bond acceptors (Lipinski definition) is 1. The molecule has 1 aromatic carbocycles. The van der Waals surface area contributed by atoms with Gasteiger partial charge in [-0.2, -0.15) is 0 Å². The molecule has 0 N–H and O–H groups in total. The van der Waals surface area contributed by atoms with Crippen LogP contribution in [0.3, 0.4) is 0 Å². The van der Waals surface area contributed by atoms with E-state index in [1.54, 1.807) is 7.11 Å². The van der Waals surface area contributed by atoms with Gasteiger partial charge in [-0.1, -0.05) is 58.2 Å². The predicted octanol–water partition coefficient (Wildman–Crippen LogP) is 2.92. The monoisotopic (exact) mass is 357 g/mol. The maximum atomic E-state index is 4.91. The van der Waals surface area contributed by atoms with E-state index in [-0.39, 0.29) is 12.4 Å². The van der Waals surface area contributed by atoms with Crippen molar-refractivity contribution >= 4 is 0 Å². The summed E-state index contributed by atoms with van der Waals surface area (Å²) in [5, 5.41) is 0. The average molecular weight is 358 g/mol. The highest BCUT2D eigenvalue weighted by atomic mass is 35.5. The SMILES string of the molecule is CCCC[N+](CC)(CCCC)CCCC.COc1ccccc1.[Cl-]. The Hall–Kier alpha value is -0.730. The minimum Gasteiger partial charge on any atom is -1.00 e. The van der Waals surface area contributed by atoms with Crippen LogP contribution in [0.1, 0.15) is 66.2 Å². The number of hydrogen-bond donors (Lipinski definition) is 0. The quantitative estimate of drug-likeness (QED) is 0.553. The number of benzene rings is 1. The molecule has 2 nitrogen and oxygen atoms in total. The van der Waals surface area contributed by atoms with Crippen LogP contribution in [-0.4, -0.2) is 37.8 Å². The second kappa shape index (κ2) is 17.1. The summed E-state index contributed by atoms with van der Waals surface area (Å²) >= 11 is 0. The Bertz CT molecular complexity index is 334. The number of para-hydroxylation sites is 1. The summed E-state index contributed by atoms with van der Waals surface area (Å²) in [6.45, 7) is 14.9. The van der Waals surface area contributed by atoms with Gasteiger partial charge in [0, 0.05) is 0 Å². The van der Waals surface area contributed by atoms with Gasteiger partial charge in [0.05, 0.1) is 33.3 Å². The molecule has 0 spiro atoms. The van der Waals surface area contributed by atoms with Gasteiger partial charge in [-0.05, 0) is 38.3 Å². The van der Waals surface area contributed by atoms with Crippen LogP contribution in [0.5, 0.6) is 5.75 Å². The minimum absolute atomic E-state index is 0. The molecule has 0 heterocycles. The number of halogens is 1.